The molecule has 0 spiro atoms. The van der Waals surface area contributed by atoms with Gasteiger partial charge in [-0.15, -0.1) is 0 Å². The van der Waals surface area contributed by atoms with E-state index >= 15 is 0 Å². The van der Waals surface area contributed by atoms with Crippen LogP contribution >= 0.6 is 0 Å². The molecule has 2 fully saturated rings. The summed E-state index contributed by atoms with van der Waals surface area (Å²) in [5.74, 6) is -1.17. The molecule has 31 heavy (non-hydrogen) atoms. The molecule has 8 heteroatoms. The van der Waals surface area contributed by atoms with Crippen LogP contribution in [0.15, 0.2) is 30.3 Å². The number of fused-ring (bicyclic) bond motifs is 1. The average Bonchev–Trinajstić information content (AvgIpc) is 3.15. The van der Waals surface area contributed by atoms with Crippen LogP contribution in [0.3, 0.4) is 0 Å². The van der Waals surface area contributed by atoms with Gasteiger partial charge in [0.25, 0.3) is 0 Å². The standard InChI is InChI=1S/C23H36O7Si/c1-22(2,3)31(6,7)30-16(13-24)17(25)18-19(26-14-15-11-9-8-10-12-15)20-21(27-18)29-23(4,5)28-20/h8-12,16,18-21,24H,13-14H2,1-7H3/t16?,18-,19+,20-,21-/m1/s1. The molecule has 2 aliphatic rings. The fraction of sp³-hybridized carbons (Fsp3) is 0.696. The SMILES string of the molecule is CC1(C)O[C@H]2O[C@H](C(=O)C(CO)O[Si](C)(C)C(C)(C)C)[C@H](OCc3ccccc3)[C@H]2O1. The number of hydrogen-bond donors (Lipinski definition) is 1. The van der Waals surface area contributed by atoms with Gasteiger partial charge in [0.05, 0.1) is 13.2 Å². The average molecular weight is 453 g/mol. The maximum absolute atomic E-state index is 13.4. The van der Waals surface area contributed by atoms with Gasteiger partial charge in [-0.25, -0.2) is 0 Å². The molecule has 0 radical (unpaired) electrons. The van der Waals surface area contributed by atoms with Gasteiger partial charge in [-0.05, 0) is 37.5 Å². The van der Waals surface area contributed by atoms with Gasteiger partial charge in [0.1, 0.15) is 18.3 Å². The third-order valence-electron chi connectivity index (χ3n) is 6.28. The molecule has 3 rings (SSSR count). The molecular weight excluding hydrogens is 416 g/mol. The van der Waals surface area contributed by atoms with Crippen LogP contribution in [-0.2, 0) is 34.8 Å². The molecule has 0 bridgehead atoms. The fourth-order valence-corrected chi connectivity index (χ4v) is 4.81. The molecule has 0 aliphatic carbocycles. The highest BCUT2D eigenvalue weighted by molar-refractivity contribution is 6.74. The van der Waals surface area contributed by atoms with Gasteiger partial charge in [0.2, 0.25) is 0 Å². The zero-order chi connectivity index (χ0) is 23.0. The minimum Gasteiger partial charge on any atom is -0.404 e. The van der Waals surface area contributed by atoms with Gasteiger partial charge in [-0.3, -0.25) is 4.79 Å². The minimum atomic E-state index is -2.29. The fourth-order valence-electron chi connectivity index (χ4n) is 3.56. The van der Waals surface area contributed by atoms with E-state index in [2.05, 4.69) is 20.8 Å². The van der Waals surface area contributed by atoms with E-state index in [1.54, 1.807) is 13.8 Å². The second-order valence-electron chi connectivity index (χ2n) is 10.2. The number of carbonyl (C=O) groups excluding carboxylic acids is 1. The van der Waals surface area contributed by atoms with Gasteiger partial charge >= 0.3 is 0 Å². The number of carbonyl (C=O) groups is 1. The molecule has 2 heterocycles. The Labute approximate surface area is 186 Å². The summed E-state index contributed by atoms with van der Waals surface area (Å²) < 4.78 is 30.2. The molecule has 2 saturated heterocycles. The van der Waals surface area contributed by atoms with E-state index in [0.29, 0.717) is 6.61 Å². The number of ketones is 1. The van der Waals surface area contributed by atoms with E-state index < -0.39 is 51.4 Å². The Balaban J connectivity index is 1.78. The van der Waals surface area contributed by atoms with E-state index in [0.717, 1.165) is 5.56 Å². The molecule has 1 aromatic carbocycles. The maximum atomic E-state index is 13.4. The quantitative estimate of drug-likeness (QED) is 0.605. The van der Waals surface area contributed by atoms with Crippen LogP contribution in [-0.4, -0.2) is 62.3 Å². The second-order valence-corrected chi connectivity index (χ2v) is 15.0. The first-order valence-electron chi connectivity index (χ1n) is 10.8. The monoisotopic (exact) mass is 452 g/mol. The summed E-state index contributed by atoms with van der Waals surface area (Å²) in [5, 5.41) is 9.88. The number of rotatable bonds is 8. The molecule has 2 aliphatic heterocycles. The van der Waals surface area contributed by atoms with Crippen molar-refractivity contribution in [2.45, 2.75) is 95.9 Å². The van der Waals surface area contributed by atoms with Crippen molar-refractivity contribution in [1.29, 1.82) is 0 Å². The Morgan fingerprint density at radius 1 is 1.19 bits per heavy atom. The second kappa shape index (κ2) is 9.01. The summed E-state index contributed by atoms with van der Waals surface area (Å²) in [5.41, 5.74) is 0.978. The summed E-state index contributed by atoms with van der Waals surface area (Å²) >= 11 is 0. The van der Waals surface area contributed by atoms with Crippen molar-refractivity contribution in [1.82, 2.24) is 0 Å². The van der Waals surface area contributed by atoms with E-state index in [1.165, 1.54) is 0 Å². The third kappa shape index (κ3) is 5.44. The summed E-state index contributed by atoms with van der Waals surface area (Å²) in [4.78, 5) is 13.4. The van der Waals surface area contributed by atoms with Gasteiger partial charge in [-0.1, -0.05) is 51.1 Å². The zero-order valence-electron chi connectivity index (χ0n) is 19.6. The summed E-state index contributed by atoms with van der Waals surface area (Å²) in [7, 11) is -2.29. The van der Waals surface area contributed by atoms with Crippen molar-refractivity contribution >= 4 is 14.1 Å². The van der Waals surface area contributed by atoms with Crippen LogP contribution in [0, 0.1) is 0 Å². The van der Waals surface area contributed by atoms with Crippen LogP contribution in [0.25, 0.3) is 0 Å². The molecule has 1 unspecified atom stereocenters. The molecule has 0 amide bonds. The lowest BCUT2D eigenvalue weighted by Gasteiger charge is -2.39. The van der Waals surface area contributed by atoms with Crippen molar-refractivity contribution in [3.8, 4) is 0 Å². The summed E-state index contributed by atoms with van der Waals surface area (Å²) in [6.45, 7) is 13.8. The van der Waals surface area contributed by atoms with Gasteiger partial charge < -0.3 is 28.5 Å². The first-order chi connectivity index (χ1) is 14.3. The number of aliphatic hydroxyl groups is 1. The van der Waals surface area contributed by atoms with Crippen LogP contribution in [0.4, 0.5) is 0 Å². The molecule has 1 aromatic rings. The Morgan fingerprint density at radius 2 is 1.84 bits per heavy atom. The Morgan fingerprint density at radius 3 is 2.42 bits per heavy atom. The predicted molar refractivity (Wildman–Crippen MR) is 118 cm³/mol. The molecule has 1 N–H and O–H groups in total. The largest absolute Gasteiger partial charge is 0.404 e. The lowest BCUT2D eigenvalue weighted by Crippen LogP contribution is -2.51. The molecule has 174 valence electrons. The van der Waals surface area contributed by atoms with Crippen LogP contribution < -0.4 is 0 Å². The third-order valence-corrected chi connectivity index (χ3v) is 10.8. The topological polar surface area (TPSA) is 83.5 Å². The van der Waals surface area contributed by atoms with Crippen LogP contribution in [0.5, 0.6) is 0 Å². The molecule has 7 nitrogen and oxygen atoms in total. The van der Waals surface area contributed by atoms with Gasteiger partial charge in [0.15, 0.2) is 32.3 Å². The van der Waals surface area contributed by atoms with Crippen LogP contribution in [0.2, 0.25) is 18.1 Å². The Hall–Kier alpha value is -1.13. The minimum absolute atomic E-state index is 0.104. The van der Waals surface area contributed by atoms with E-state index in [-0.39, 0.29) is 10.8 Å². The smallest absolute Gasteiger partial charge is 0.194 e. The van der Waals surface area contributed by atoms with Crippen LogP contribution in [0.1, 0.15) is 40.2 Å². The highest BCUT2D eigenvalue weighted by Crippen LogP contribution is 2.41. The normalized spacial score (nSPS) is 29.0. The molecule has 5 atom stereocenters. The lowest BCUT2D eigenvalue weighted by atomic mass is 10.0. The lowest BCUT2D eigenvalue weighted by molar-refractivity contribution is -0.220. The number of ether oxygens (including phenoxy) is 4. The number of aliphatic hydroxyl groups excluding tert-OH is 1. The zero-order valence-corrected chi connectivity index (χ0v) is 20.6. The van der Waals surface area contributed by atoms with Crippen molar-refractivity contribution in [2.75, 3.05) is 6.61 Å². The van der Waals surface area contributed by atoms with E-state index in [1.807, 2.05) is 43.4 Å². The Bertz CT molecular complexity index is 759. The highest BCUT2D eigenvalue weighted by atomic mass is 28.4. The van der Waals surface area contributed by atoms with E-state index in [4.69, 9.17) is 23.4 Å². The van der Waals surface area contributed by atoms with Crippen molar-refractivity contribution in [2.24, 2.45) is 0 Å². The van der Waals surface area contributed by atoms with E-state index in [9.17, 15) is 9.90 Å². The predicted octanol–water partition coefficient (Wildman–Crippen LogP) is 3.40. The molecule has 0 aromatic heterocycles. The summed E-state index contributed by atoms with van der Waals surface area (Å²) in [6, 6.07) is 9.71. The number of Topliss-reactive ketones (excluding diaryl/α,β-unsaturated/α-hetero) is 1. The summed E-state index contributed by atoms with van der Waals surface area (Å²) in [6.07, 6.45) is -3.86. The first-order valence-corrected chi connectivity index (χ1v) is 13.7. The number of hydrogen-bond acceptors (Lipinski definition) is 7. The van der Waals surface area contributed by atoms with Crippen molar-refractivity contribution in [3.05, 3.63) is 35.9 Å². The number of benzene rings is 1. The van der Waals surface area contributed by atoms with Gasteiger partial charge in [-0.2, -0.15) is 0 Å². The Kier molecular flexibility index (Phi) is 7.13. The molecular formula is C23H36O7Si. The van der Waals surface area contributed by atoms with Gasteiger partial charge in [0, 0.05) is 0 Å². The highest BCUT2D eigenvalue weighted by Gasteiger charge is 2.58. The molecule has 0 saturated carbocycles. The van der Waals surface area contributed by atoms with Crippen molar-refractivity contribution in [3.63, 3.8) is 0 Å². The maximum Gasteiger partial charge on any atom is 0.194 e. The first kappa shape index (κ1) is 24.5. The van der Waals surface area contributed by atoms with Crippen molar-refractivity contribution < 1.29 is 33.3 Å².